The molecule has 0 unspecified atom stereocenters. The number of carbonyl (C=O) groups excluding carboxylic acids is 1. The van der Waals surface area contributed by atoms with Gasteiger partial charge in [0, 0.05) is 43.1 Å². The molecule has 0 saturated carbocycles. The molecule has 1 N–H and O–H groups in total. The molecular weight excluding hydrogens is 371 g/mol. The van der Waals surface area contributed by atoms with E-state index in [-0.39, 0.29) is 17.6 Å². The van der Waals surface area contributed by atoms with E-state index in [0.29, 0.717) is 24.5 Å². The average Bonchev–Trinajstić information content (AvgIpc) is 2.95. The van der Waals surface area contributed by atoms with Gasteiger partial charge in [0.05, 0.1) is 18.9 Å². The summed E-state index contributed by atoms with van der Waals surface area (Å²) in [5.74, 6) is 1.35. The molecule has 0 atom stereocenters. The van der Waals surface area contributed by atoms with Gasteiger partial charge in [0.15, 0.2) is 0 Å². The van der Waals surface area contributed by atoms with Crippen molar-refractivity contribution < 1.29 is 13.9 Å². The Balaban J connectivity index is 1.42. The Morgan fingerprint density at radius 3 is 2.69 bits per heavy atom. The molecule has 1 aromatic heterocycles. The Morgan fingerprint density at radius 1 is 1.17 bits per heavy atom. The molecule has 2 aromatic rings. The molecule has 2 aliphatic rings. The highest BCUT2D eigenvalue weighted by Crippen LogP contribution is 2.29. The summed E-state index contributed by atoms with van der Waals surface area (Å²) in [7, 11) is 0. The lowest BCUT2D eigenvalue weighted by Crippen LogP contribution is -2.39. The summed E-state index contributed by atoms with van der Waals surface area (Å²) in [6, 6.07) is 4.80. The van der Waals surface area contributed by atoms with Gasteiger partial charge in [0.2, 0.25) is 5.91 Å². The number of nitrogens with zero attached hydrogens (tertiary/aromatic N) is 3. The number of carbonyl (C=O) groups is 1. The lowest BCUT2D eigenvalue weighted by atomic mass is 9.95. The fourth-order valence-electron chi connectivity index (χ4n) is 4.08. The average molecular weight is 398 g/mol. The highest BCUT2D eigenvalue weighted by molar-refractivity contribution is 5.92. The molecule has 0 spiro atoms. The van der Waals surface area contributed by atoms with Crippen LogP contribution in [0.3, 0.4) is 0 Å². The van der Waals surface area contributed by atoms with E-state index < -0.39 is 0 Å². The third-order valence-electron chi connectivity index (χ3n) is 5.77. The summed E-state index contributed by atoms with van der Waals surface area (Å²) in [4.78, 5) is 24.3. The normalized spacial score (nSPS) is 17.6. The highest BCUT2D eigenvalue weighted by Gasteiger charge is 2.28. The van der Waals surface area contributed by atoms with Crippen molar-refractivity contribution in [2.75, 3.05) is 36.5 Å². The summed E-state index contributed by atoms with van der Waals surface area (Å²) in [5.41, 5.74) is 3.36. The number of rotatable bonds is 3. The van der Waals surface area contributed by atoms with E-state index in [2.05, 4.69) is 15.2 Å². The molecule has 3 heterocycles. The number of hydrogen-bond acceptors (Lipinski definition) is 5. The predicted octanol–water partition coefficient (Wildman–Crippen LogP) is 3.20. The number of halogens is 1. The van der Waals surface area contributed by atoms with Gasteiger partial charge in [0.1, 0.15) is 17.5 Å². The molecule has 1 fully saturated rings. The van der Waals surface area contributed by atoms with Crippen LogP contribution in [0.25, 0.3) is 0 Å². The quantitative estimate of drug-likeness (QED) is 0.860. The molecule has 1 saturated heterocycles. The number of aromatic nitrogens is 2. The number of ether oxygens (including phenoxy) is 1. The predicted molar refractivity (Wildman–Crippen MR) is 110 cm³/mol. The van der Waals surface area contributed by atoms with Crippen LogP contribution in [0.2, 0.25) is 0 Å². The molecule has 7 heteroatoms. The zero-order valence-corrected chi connectivity index (χ0v) is 17.0. The summed E-state index contributed by atoms with van der Waals surface area (Å²) in [5, 5.41) is 2.86. The van der Waals surface area contributed by atoms with Crippen LogP contribution in [0, 0.1) is 25.6 Å². The first kappa shape index (κ1) is 19.8. The van der Waals surface area contributed by atoms with Gasteiger partial charge in [-0.15, -0.1) is 0 Å². The molecule has 4 rings (SSSR count). The van der Waals surface area contributed by atoms with Crippen molar-refractivity contribution in [3.63, 3.8) is 0 Å². The van der Waals surface area contributed by atoms with E-state index in [4.69, 9.17) is 9.72 Å². The van der Waals surface area contributed by atoms with Crippen LogP contribution in [0.4, 0.5) is 15.9 Å². The van der Waals surface area contributed by atoms with Crippen molar-refractivity contribution in [3.8, 4) is 0 Å². The summed E-state index contributed by atoms with van der Waals surface area (Å²) in [6.07, 6.45) is 3.13. The molecule has 1 amide bonds. The number of amides is 1. The van der Waals surface area contributed by atoms with Gasteiger partial charge in [0.25, 0.3) is 0 Å². The minimum Gasteiger partial charge on any atom is -0.381 e. The lowest BCUT2D eigenvalue weighted by molar-refractivity contribution is -0.120. The van der Waals surface area contributed by atoms with Crippen LogP contribution >= 0.6 is 0 Å². The molecule has 0 bridgehead atoms. The van der Waals surface area contributed by atoms with E-state index in [1.165, 1.54) is 11.6 Å². The Hall–Kier alpha value is -2.54. The zero-order chi connectivity index (χ0) is 20.4. The molecular formula is C22H27FN4O2. The largest absolute Gasteiger partial charge is 0.381 e. The molecule has 0 aliphatic carbocycles. The third kappa shape index (κ3) is 4.40. The Kier molecular flexibility index (Phi) is 5.76. The van der Waals surface area contributed by atoms with Gasteiger partial charge in [-0.3, -0.25) is 4.79 Å². The minimum absolute atomic E-state index is 0.0426. The number of benzene rings is 1. The summed E-state index contributed by atoms with van der Waals surface area (Å²) >= 11 is 0. The molecule has 29 heavy (non-hydrogen) atoms. The second-order valence-corrected chi connectivity index (χ2v) is 7.85. The Bertz CT molecular complexity index is 910. The van der Waals surface area contributed by atoms with Gasteiger partial charge >= 0.3 is 0 Å². The Labute approximate surface area is 170 Å². The SMILES string of the molecule is Cc1nc2c(c(N3CCC(C(=O)Nc4ccc(C)c(F)c4)CC3)n1)CCOCC2. The topological polar surface area (TPSA) is 67.4 Å². The van der Waals surface area contributed by atoms with Crippen LogP contribution < -0.4 is 10.2 Å². The maximum absolute atomic E-state index is 13.7. The standard InChI is InChI=1S/C22H27FN4O2/c1-14-3-4-17(13-19(14)23)26-22(28)16-5-9-27(10-6-16)21-18-7-11-29-12-8-20(18)24-15(2)25-21/h3-4,13,16H,5-12H2,1-2H3,(H,26,28). The van der Waals surface area contributed by atoms with Crippen molar-refractivity contribution >= 4 is 17.4 Å². The molecule has 0 radical (unpaired) electrons. The number of hydrogen-bond donors (Lipinski definition) is 1. The number of piperidine rings is 1. The fraction of sp³-hybridized carbons (Fsp3) is 0.500. The lowest BCUT2D eigenvalue weighted by Gasteiger charge is -2.33. The summed E-state index contributed by atoms with van der Waals surface area (Å²) < 4.78 is 19.3. The second-order valence-electron chi connectivity index (χ2n) is 7.85. The summed E-state index contributed by atoms with van der Waals surface area (Å²) in [6.45, 7) is 6.56. The van der Waals surface area contributed by atoms with Gasteiger partial charge < -0.3 is 15.0 Å². The molecule has 154 valence electrons. The minimum atomic E-state index is -0.304. The number of fused-ring (bicyclic) bond motifs is 1. The maximum atomic E-state index is 13.7. The number of anilines is 2. The van der Waals surface area contributed by atoms with Gasteiger partial charge in [-0.25, -0.2) is 14.4 Å². The van der Waals surface area contributed by atoms with Gasteiger partial charge in [-0.2, -0.15) is 0 Å². The first-order valence-corrected chi connectivity index (χ1v) is 10.3. The first-order valence-electron chi connectivity index (χ1n) is 10.3. The highest BCUT2D eigenvalue weighted by atomic mass is 19.1. The van der Waals surface area contributed by atoms with Crippen LogP contribution in [0.15, 0.2) is 18.2 Å². The van der Waals surface area contributed by atoms with Crippen LogP contribution in [0.5, 0.6) is 0 Å². The number of aryl methyl sites for hydroxylation is 2. The van der Waals surface area contributed by atoms with Gasteiger partial charge in [-0.1, -0.05) is 6.07 Å². The van der Waals surface area contributed by atoms with Crippen molar-refractivity contribution in [1.29, 1.82) is 0 Å². The third-order valence-corrected chi connectivity index (χ3v) is 5.77. The zero-order valence-electron chi connectivity index (χ0n) is 17.0. The van der Waals surface area contributed by atoms with E-state index in [0.717, 1.165) is 56.1 Å². The Morgan fingerprint density at radius 2 is 1.93 bits per heavy atom. The first-order chi connectivity index (χ1) is 14.0. The smallest absolute Gasteiger partial charge is 0.227 e. The van der Waals surface area contributed by atoms with Crippen LogP contribution in [-0.2, 0) is 22.4 Å². The van der Waals surface area contributed by atoms with Crippen LogP contribution in [-0.4, -0.2) is 42.2 Å². The van der Waals surface area contributed by atoms with E-state index in [9.17, 15) is 9.18 Å². The molecule has 6 nitrogen and oxygen atoms in total. The van der Waals surface area contributed by atoms with Crippen molar-refractivity contribution in [2.45, 2.75) is 39.5 Å². The maximum Gasteiger partial charge on any atom is 0.227 e. The van der Waals surface area contributed by atoms with Crippen molar-refractivity contribution in [1.82, 2.24) is 9.97 Å². The van der Waals surface area contributed by atoms with Crippen LogP contribution in [0.1, 0.15) is 35.5 Å². The fourth-order valence-corrected chi connectivity index (χ4v) is 4.08. The molecule has 1 aromatic carbocycles. The van der Waals surface area contributed by atoms with E-state index >= 15 is 0 Å². The van der Waals surface area contributed by atoms with Crippen molar-refractivity contribution in [3.05, 3.63) is 46.7 Å². The second kappa shape index (κ2) is 8.45. The van der Waals surface area contributed by atoms with E-state index in [1.807, 2.05) is 6.92 Å². The van der Waals surface area contributed by atoms with Gasteiger partial charge in [-0.05, 0) is 44.4 Å². The number of nitrogens with one attached hydrogen (secondary N) is 1. The van der Waals surface area contributed by atoms with Crippen molar-refractivity contribution in [2.24, 2.45) is 5.92 Å². The molecule has 2 aliphatic heterocycles. The monoisotopic (exact) mass is 398 g/mol. The van der Waals surface area contributed by atoms with E-state index in [1.54, 1.807) is 19.1 Å².